The molecule has 2 atom stereocenters. The zero-order chi connectivity index (χ0) is 30.8. The average molecular weight is 599 g/mol. The number of aromatic amines is 1. The zero-order valence-corrected chi connectivity index (χ0v) is 26.1. The molecule has 1 spiro atoms. The van der Waals surface area contributed by atoms with Crippen LogP contribution in [-0.2, 0) is 4.79 Å². The summed E-state index contributed by atoms with van der Waals surface area (Å²) in [6.45, 7) is 5.84. The van der Waals surface area contributed by atoms with E-state index >= 15 is 0 Å². The van der Waals surface area contributed by atoms with Gasteiger partial charge in [-0.1, -0.05) is 24.1 Å². The second-order valence-corrected chi connectivity index (χ2v) is 12.7. The number of nitrogens with zero attached hydrogens (tertiary/aromatic N) is 4. The number of amides is 1. The number of Topliss-reactive ketones (excluding diaryl/α,β-unsaturated/α-hetero) is 1. The second-order valence-electron chi connectivity index (χ2n) is 12.7. The zero-order valence-electron chi connectivity index (χ0n) is 26.1. The number of rotatable bonds is 12. The van der Waals surface area contributed by atoms with Crippen LogP contribution in [0.25, 0.3) is 22.2 Å². The Balaban J connectivity index is 1.16. The van der Waals surface area contributed by atoms with Gasteiger partial charge in [0, 0.05) is 41.1 Å². The third kappa shape index (κ3) is 6.40. The van der Waals surface area contributed by atoms with Gasteiger partial charge in [-0.15, -0.1) is 0 Å². The summed E-state index contributed by atoms with van der Waals surface area (Å²) in [5, 5.41) is 8.21. The summed E-state index contributed by atoms with van der Waals surface area (Å²) in [6, 6.07) is 9.49. The Morgan fingerprint density at radius 1 is 1.16 bits per heavy atom. The SMILES string of the molecule is COc1cc2nc(C)ccc2cc1-c1cnc([C@H](CCCCCC(=O)c2cc(C)on2)NC(=O)[C@H]2CC23CCN(C)CC3)[nH]1. The van der Waals surface area contributed by atoms with Crippen LogP contribution in [0, 0.1) is 25.2 Å². The van der Waals surface area contributed by atoms with Crippen LogP contribution in [0.4, 0.5) is 0 Å². The lowest BCUT2D eigenvalue weighted by Crippen LogP contribution is -2.36. The molecule has 1 aromatic carbocycles. The highest BCUT2D eigenvalue weighted by Gasteiger charge is 2.58. The summed E-state index contributed by atoms with van der Waals surface area (Å²) in [5.74, 6) is 2.25. The van der Waals surface area contributed by atoms with Crippen molar-refractivity contribution in [2.45, 2.75) is 71.3 Å². The first-order chi connectivity index (χ1) is 21.2. The molecular formula is C34H42N6O4. The van der Waals surface area contributed by atoms with E-state index in [9.17, 15) is 9.59 Å². The number of carbonyl (C=O) groups is 2. The highest BCUT2D eigenvalue weighted by atomic mass is 16.5. The van der Waals surface area contributed by atoms with Gasteiger partial charge in [0.2, 0.25) is 5.91 Å². The fourth-order valence-electron chi connectivity index (χ4n) is 6.60. The second kappa shape index (κ2) is 12.5. The summed E-state index contributed by atoms with van der Waals surface area (Å²) in [7, 11) is 3.81. The standard InChI is InChI=1S/C34H42N6O4/c1-21-10-11-23-17-24(31(43-4)18-27(23)36-21)29-20-35-32(37-29)26(8-6-5-7-9-30(41)28-16-22(2)44-39-28)38-33(42)25-19-34(25)12-14-40(3)15-13-34/h10-11,16-18,20,25-26H,5-9,12-15,19H2,1-4H3,(H,35,37)(H,38,42)/t25-,26+/m1/s1. The molecule has 0 bridgehead atoms. The van der Waals surface area contributed by atoms with Crippen molar-refractivity contribution in [2.75, 3.05) is 27.2 Å². The maximum atomic E-state index is 13.6. The van der Waals surface area contributed by atoms with Crippen molar-refractivity contribution in [3.8, 4) is 17.0 Å². The number of fused-ring (bicyclic) bond motifs is 1. The van der Waals surface area contributed by atoms with E-state index in [1.54, 1.807) is 20.1 Å². The van der Waals surface area contributed by atoms with Crippen molar-refractivity contribution >= 4 is 22.6 Å². The predicted octanol–water partition coefficient (Wildman–Crippen LogP) is 5.96. The number of aromatic nitrogens is 4. The van der Waals surface area contributed by atoms with Crippen molar-refractivity contribution < 1.29 is 18.8 Å². The van der Waals surface area contributed by atoms with Gasteiger partial charge < -0.3 is 24.5 Å². The van der Waals surface area contributed by atoms with Crippen LogP contribution >= 0.6 is 0 Å². The topological polar surface area (TPSA) is 126 Å². The number of nitrogens with one attached hydrogen (secondary N) is 2. The molecule has 3 aromatic heterocycles. The molecule has 2 aliphatic rings. The first-order valence-electron chi connectivity index (χ1n) is 15.7. The van der Waals surface area contributed by atoms with Crippen LogP contribution < -0.4 is 10.1 Å². The summed E-state index contributed by atoms with van der Waals surface area (Å²) < 4.78 is 10.8. The molecule has 4 aromatic rings. The highest BCUT2D eigenvalue weighted by Crippen LogP contribution is 2.59. The van der Waals surface area contributed by atoms with Crippen molar-refractivity contribution in [3.63, 3.8) is 0 Å². The third-order valence-corrected chi connectivity index (χ3v) is 9.48. The molecule has 2 N–H and O–H groups in total. The number of hydrogen-bond acceptors (Lipinski definition) is 8. The van der Waals surface area contributed by atoms with E-state index in [1.807, 2.05) is 25.3 Å². The summed E-state index contributed by atoms with van der Waals surface area (Å²) in [4.78, 5) is 41.3. The fourth-order valence-corrected chi connectivity index (χ4v) is 6.60. The van der Waals surface area contributed by atoms with Gasteiger partial charge in [-0.2, -0.15) is 0 Å². The number of hydrogen-bond donors (Lipinski definition) is 2. The van der Waals surface area contributed by atoms with Crippen molar-refractivity contribution in [3.05, 3.63) is 59.5 Å². The number of carbonyl (C=O) groups excluding carboxylic acids is 2. The molecule has 0 unspecified atom stereocenters. The quantitative estimate of drug-likeness (QED) is 0.151. The van der Waals surface area contributed by atoms with Gasteiger partial charge in [0.1, 0.15) is 23.0 Å². The van der Waals surface area contributed by atoms with Crippen molar-refractivity contribution in [1.82, 2.24) is 30.3 Å². The molecule has 2 fully saturated rings. The van der Waals surface area contributed by atoms with Crippen molar-refractivity contribution in [1.29, 1.82) is 0 Å². The van der Waals surface area contributed by atoms with Gasteiger partial charge in [-0.25, -0.2) is 4.98 Å². The van der Waals surface area contributed by atoms with Crippen LogP contribution in [-0.4, -0.2) is 63.9 Å². The normalized spacial score (nSPS) is 18.4. The minimum Gasteiger partial charge on any atom is -0.496 e. The number of pyridine rings is 1. The number of methoxy groups -OCH3 is 1. The van der Waals surface area contributed by atoms with E-state index < -0.39 is 0 Å². The number of benzene rings is 1. The molecule has 1 saturated carbocycles. The average Bonchev–Trinajstić information content (AvgIpc) is 3.30. The molecule has 232 valence electrons. The van der Waals surface area contributed by atoms with Gasteiger partial charge in [-0.3, -0.25) is 14.6 Å². The maximum Gasteiger partial charge on any atom is 0.224 e. The van der Waals surface area contributed by atoms with Gasteiger partial charge >= 0.3 is 0 Å². The highest BCUT2D eigenvalue weighted by molar-refractivity contribution is 5.94. The minimum atomic E-state index is -0.259. The monoisotopic (exact) mass is 598 g/mol. The molecule has 1 aliphatic heterocycles. The lowest BCUT2D eigenvalue weighted by molar-refractivity contribution is -0.124. The van der Waals surface area contributed by atoms with E-state index in [2.05, 4.69) is 44.5 Å². The lowest BCUT2D eigenvalue weighted by atomic mass is 9.91. The lowest BCUT2D eigenvalue weighted by Gasteiger charge is -2.30. The molecule has 6 rings (SSSR count). The van der Waals surface area contributed by atoms with Crippen LogP contribution in [0.3, 0.4) is 0 Å². The van der Waals surface area contributed by atoms with Crippen LogP contribution in [0.2, 0.25) is 0 Å². The smallest absolute Gasteiger partial charge is 0.224 e. The van der Waals surface area contributed by atoms with E-state index in [0.717, 1.165) is 91.7 Å². The Labute approximate surface area is 258 Å². The molecule has 1 amide bonds. The summed E-state index contributed by atoms with van der Waals surface area (Å²) >= 11 is 0. The van der Waals surface area contributed by atoms with E-state index in [0.29, 0.717) is 23.6 Å². The number of unbranched alkanes of at least 4 members (excludes halogenated alkanes) is 2. The molecule has 0 radical (unpaired) electrons. The molecule has 10 heteroatoms. The summed E-state index contributed by atoms with van der Waals surface area (Å²) in [5.41, 5.74) is 4.08. The molecule has 4 heterocycles. The van der Waals surface area contributed by atoms with E-state index in [1.165, 1.54) is 0 Å². The molecule has 1 saturated heterocycles. The van der Waals surface area contributed by atoms with Crippen LogP contribution in [0.5, 0.6) is 5.75 Å². The van der Waals surface area contributed by atoms with Gasteiger partial charge in [0.05, 0.1) is 30.6 Å². The fraction of sp³-hybridized carbons (Fsp3) is 0.500. The number of ether oxygens (including phenoxy) is 1. The number of ketones is 1. The van der Waals surface area contributed by atoms with E-state index in [4.69, 9.17) is 14.2 Å². The summed E-state index contributed by atoms with van der Waals surface area (Å²) in [6.07, 6.45) is 8.51. The van der Waals surface area contributed by atoms with Gasteiger partial charge in [0.15, 0.2) is 5.78 Å². The Kier molecular flexibility index (Phi) is 8.53. The Hall–Kier alpha value is -4.05. The third-order valence-electron chi connectivity index (χ3n) is 9.48. The number of likely N-dealkylation sites (tertiary alicyclic amines) is 1. The minimum absolute atomic E-state index is 0.00534. The largest absolute Gasteiger partial charge is 0.496 e. The van der Waals surface area contributed by atoms with Crippen LogP contribution in [0.1, 0.15) is 85.2 Å². The Morgan fingerprint density at radius 2 is 1.98 bits per heavy atom. The Bertz CT molecular complexity index is 1650. The predicted molar refractivity (Wildman–Crippen MR) is 167 cm³/mol. The van der Waals surface area contributed by atoms with Gasteiger partial charge in [0.25, 0.3) is 0 Å². The van der Waals surface area contributed by atoms with Crippen molar-refractivity contribution in [2.24, 2.45) is 11.3 Å². The van der Waals surface area contributed by atoms with Gasteiger partial charge in [-0.05, 0) is 83.6 Å². The maximum absolute atomic E-state index is 13.6. The number of H-pyrrole nitrogens is 1. The first kappa shape index (κ1) is 30.0. The Morgan fingerprint density at radius 3 is 2.73 bits per heavy atom. The first-order valence-corrected chi connectivity index (χ1v) is 15.7. The van der Waals surface area contributed by atoms with E-state index in [-0.39, 0.29) is 29.1 Å². The molecular weight excluding hydrogens is 556 g/mol. The molecule has 1 aliphatic carbocycles. The molecule has 44 heavy (non-hydrogen) atoms. The molecule has 10 nitrogen and oxygen atoms in total. The number of piperidine rings is 1. The van der Waals surface area contributed by atoms with Crippen LogP contribution in [0.15, 0.2) is 41.1 Å². The number of imidazole rings is 1. The number of aryl methyl sites for hydroxylation is 2.